The molecule has 2 aromatic rings. The number of piperidine rings is 1. The predicted octanol–water partition coefficient (Wildman–Crippen LogP) is 4.16. The number of nitrogens with one attached hydrogen (secondary N) is 1. The summed E-state index contributed by atoms with van der Waals surface area (Å²) in [6.07, 6.45) is 3.86. The van der Waals surface area contributed by atoms with Crippen molar-refractivity contribution in [1.82, 2.24) is 4.90 Å². The van der Waals surface area contributed by atoms with Gasteiger partial charge >= 0.3 is 5.97 Å². The summed E-state index contributed by atoms with van der Waals surface area (Å²) in [7, 11) is 1.33. The number of hydrogen-bond donors (Lipinski definition) is 1. The van der Waals surface area contributed by atoms with E-state index in [1.165, 1.54) is 31.9 Å². The lowest BCUT2D eigenvalue weighted by molar-refractivity contribution is 0.0606. The Morgan fingerprint density at radius 2 is 1.88 bits per heavy atom. The van der Waals surface area contributed by atoms with Crippen molar-refractivity contribution in [3.8, 4) is 0 Å². The Morgan fingerprint density at radius 1 is 1.15 bits per heavy atom. The Balaban J connectivity index is 1.59. The van der Waals surface area contributed by atoms with Crippen molar-refractivity contribution in [2.75, 3.05) is 19.0 Å². The molecule has 1 unspecified atom stereocenters. The van der Waals surface area contributed by atoms with Gasteiger partial charge in [0.25, 0.3) is 5.91 Å². The second-order valence-electron chi connectivity index (χ2n) is 6.62. The predicted molar refractivity (Wildman–Crippen MR) is 104 cm³/mol. The first-order valence-electron chi connectivity index (χ1n) is 8.89. The third-order valence-electron chi connectivity index (χ3n) is 4.75. The number of methoxy groups -OCH3 is 1. The summed E-state index contributed by atoms with van der Waals surface area (Å²) in [5.74, 6) is -0.645. The van der Waals surface area contributed by atoms with Gasteiger partial charge < -0.3 is 10.1 Å². The van der Waals surface area contributed by atoms with Gasteiger partial charge in [-0.25, -0.2) is 4.79 Å². The first-order chi connectivity index (χ1) is 12.6. The van der Waals surface area contributed by atoms with Crippen molar-refractivity contribution >= 4 is 28.9 Å². The number of benzene rings is 1. The van der Waals surface area contributed by atoms with E-state index in [-0.39, 0.29) is 5.91 Å². The molecular weight excluding hydrogens is 348 g/mol. The van der Waals surface area contributed by atoms with Gasteiger partial charge in [-0.1, -0.05) is 18.6 Å². The first-order valence-corrected chi connectivity index (χ1v) is 9.71. The van der Waals surface area contributed by atoms with E-state index in [0.717, 1.165) is 30.1 Å². The number of carbonyl (C=O) groups is 2. The molecule has 0 spiro atoms. The fraction of sp³-hybridized carbons (Fsp3) is 0.400. The van der Waals surface area contributed by atoms with Crippen LogP contribution in [0.15, 0.2) is 36.4 Å². The molecule has 3 rings (SSSR count). The first kappa shape index (κ1) is 18.6. The molecule has 1 aromatic heterocycles. The molecule has 1 aliphatic heterocycles. The highest BCUT2D eigenvalue weighted by Gasteiger charge is 2.18. The fourth-order valence-corrected chi connectivity index (χ4v) is 4.00. The van der Waals surface area contributed by atoms with Crippen molar-refractivity contribution in [2.24, 2.45) is 0 Å². The summed E-state index contributed by atoms with van der Waals surface area (Å²) in [5, 5.41) is 2.87. The minimum absolute atomic E-state index is 0.220. The maximum atomic E-state index is 12.3. The zero-order valence-electron chi connectivity index (χ0n) is 15.2. The van der Waals surface area contributed by atoms with Gasteiger partial charge in [-0.3, -0.25) is 9.69 Å². The molecule has 6 heteroatoms. The van der Waals surface area contributed by atoms with Crippen LogP contribution in [-0.2, 0) is 11.3 Å². The molecule has 1 saturated heterocycles. The molecule has 26 heavy (non-hydrogen) atoms. The van der Waals surface area contributed by atoms with Crippen LogP contribution in [0.25, 0.3) is 0 Å². The Kier molecular flexibility index (Phi) is 6.06. The number of carbonyl (C=O) groups excluding carboxylic acids is 2. The lowest BCUT2D eigenvalue weighted by Gasteiger charge is -2.33. The van der Waals surface area contributed by atoms with Gasteiger partial charge in [-0.2, -0.15) is 0 Å². The van der Waals surface area contributed by atoms with Crippen LogP contribution in [0.2, 0.25) is 0 Å². The van der Waals surface area contributed by atoms with Gasteiger partial charge in [0.05, 0.1) is 12.0 Å². The average Bonchev–Trinajstić information content (AvgIpc) is 3.15. The van der Waals surface area contributed by atoms with Gasteiger partial charge in [0.1, 0.15) is 4.88 Å². The number of esters is 1. The number of nitrogens with zero attached hydrogens (tertiary/aromatic N) is 1. The van der Waals surface area contributed by atoms with E-state index in [4.69, 9.17) is 0 Å². The van der Waals surface area contributed by atoms with Gasteiger partial charge in [-0.15, -0.1) is 11.3 Å². The zero-order valence-corrected chi connectivity index (χ0v) is 16.0. The Hall–Kier alpha value is -2.18. The number of amides is 1. The molecular formula is C20H24N2O3S. The molecule has 1 aromatic carbocycles. The highest BCUT2D eigenvalue weighted by molar-refractivity contribution is 7.16. The van der Waals surface area contributed by atoms with E-state index >= 15 is 0 Å². The number of ether oxygens (including phenoxy) is 1. The van der Waals surface area contributed by atoms with Crippen LogP contribution in [0.1, 0.15) is 51.1 Å². The monoisotopic (exact) mass is 372 g/mol. The summed E-state index contributed by atoms with van der Waals surface area (Å²) in [4.78, 5) is 27.2. The minimum Gasteiger partial charge on any atom is -0.465 e. The summed E-state index contributed by atoms with van der Waals surface area (Å²) in [5.41, 5.74) is 2.00. The lowest BCUT2D eigenvalue weighted by atomic mass is 10.0. The van der Waals surface area contributed by atoms with Crippen LogP contribution >= 0.6 is 11.3 Å². The smallest absolute Gasteiger partial charge is 0.348 e. The Bertz CT molecular complexity index is 770. The van der Waals surface area contributed by atoms with Crippen molar-refractivity contribution in [2.45, 2.75) is 38.8 Å². The van der Waals surface area contributed by atoms with E-state index in [9.17, 15) is 9.59 Å². The van der Waals surface area contributed by atoms with Gasteiger partial charge in [-0.05, 0) is 56.1 Å². The van der Waals surface area contributed by atoms with Crippen molar-refractivity contribution in [3.63, 3.8) is 0 Å². The lowest BCUT2D eigenvalue weighted by Crippen LogP contribution is -2.36. The maximum Gasteiger partial charge on any atom is 0.348 e. The normalized spacial score (nSPS) is 17.7. The molecule has 1 aliphatic rings. The van der Waals surface area contributed by atoms with Crippen LogP contribution in [0, 0.1) is 0 Å². The second-order valence-corrected chi connectivity index (χ2v) is 7.71. The molecule has 0 aliphatic carbocycles. The number of thiophene rings is 1. The molecule has 0 saturated carbocycles. The molecule has 0 bridgehead atoms. The highest BCUT2D eigenvalue weighted by Crippen LogP contribution is 2.21. The molecule has 2 heterocycles. The van der Waals surface area contributed by atoms with Crippen LogP contribution in [0.4, 0.5) is 5.69 Å². The van der Waals surface area contributed by atoms with E-state index in [1.54, 1.807) is 12.1 Å². The topological polar surface area (TPSA) is 58.6 Å². The molecule has 5 nitrogen and oxygen atoms in total. The molecule has 0 radical (unpaired) electrons. The Labute approximate surface area is 158 Å². The molecule has 138 valence electrons. The van der Waals surface area contributed by atoms with Gasteiger partial charge in [0, 0.05) is 18.3 Å². The van der Waals surface area contributed by atoms with E-state index < -0.39 is 5.97 Å². The van der Waals surface area contributed by atoms with E-state index in [1.807, 2.05) is 12.1 Å². The second kappa shape index (κ2) is 8.47. The SMILES string of the molecule is COC(=O)c1ccc(C(=O)Nc2ccc(CN3CCCCC3C)cc2)s1. The van der Waals surface area contributed by atoms with Gasteiger partial charge in [0.2, 0.25) is 0 Å². The number of anilines is 1. The summed E-state index contributed by atoms with van der Waals surface area (Å²) < 4.78 is 4.67. The number of rotatable bonds is 5. The summed E-state index contributed by atoms with van der Waals surface area (Å²) >= 11 is 1.13. The van der Waals surface area contributed by atoms with Crippen LogP contribution in [-0.4, -0.2) is 36.5 Å². The van der Waals surface area contributed by atoms with Crippen molar-refractivity contribution in [3.05, 3.63) is 51.7 Å². The Morgan fingerprint density at radius 3 is 2.58 bits per heavy atom. The van der Waals surface area contributed by atoms with Crippen LogP contribution < -0.4 is 5.32 Å². The average molecular weight is 372 g/mol. The van der Waals surface area contributed by atoms with Crippen molar-refractivity contribution < 1.29 is 14.3 Å². The van der Waals surface area contributed by atoms with E-state index in [2.05, 4.69) is 34.0 Å². The molecule has 1 fully saturated rings. The third kappa shape index (κ3) is 4.51. The minimum atomic E-state index is -0.426. The summed E-state index contributed by atoms with van der Waals surface area (Å²) in [6, 6.07) is 11.8. The highest BCUT2D eigenvalue weighted by atomic mass is 32.1. The van der Waals surface area contributed by atoms with Gasteiger partial charge in [0.15, 0.2) is 0 Å². The largest absolute Gasteiger partial charge is 0.465 e. The molecule has 1 amide bonds. The standard InChI is InChI=1S/C20H24N2O3S/c1-14-5-3-4-12-22(14)13-15-6-8-16(9-7-15)21-19(23)17-10-11-18(26-17)20(24)25-2/h6-11,14H,3-5,12-13H2,1-2H3,(H,21,23). The van der Waals surface area contributed by atoms with Crippen LogP contribution in [0.5, 0.6) is 0 Å². The third-order valence-corrected chi connectivity index (χ3v) is 5.82. The summed E-state index contributed by atoms with van der Waals surface area (Å²) in [6.45, 7) is 4.39. The number of hydrogen-bond acceptors (Lipinski definition) is 5. The quantitative estimate of drug-likeness (QED) is 0.801. The van der Waals surface area contributed by atoms with E-state index in [0.29, 0.717) is 15.8 Å². The fourth-order valence-electron chi connectivity index (χ4n) is 3.18. The maximum absolute atomic E-state index is 12.3. The molecule has 1 atom stereocenters. The zero-order chi connectivity index (χ0) is 18.5. The number of likely N-dealkylation sites (tertiary alicyclic amines) is 1. The van der Waals surface area contributed by atoms with Crippen molar-refractivity contribution in [1.29, 1.82) is 0 Å². The van der Waals surface area contributed by atoms with Crippen LogP contribution in [0.3, 0.4) is 0 Å². The molecule has 1 N–H and O–H groups in total.